The summed E-state index contributed by atoms with van der Waals surface area (Å²) in [6.45, 7) is 2.38. The number of aromatic nitrogens is 2. The normalized spacial score (nSPS) is 18.9. The van der Waals surface area contributed by atoms with E-state index in [1.165, 1.54) is 6.07 Å². The van der Waals surface area contributed by atoms with E-state index in [4.69, 9.17) is 0 Å². The van der Waals surface area contributed by atoms with E-state index in [0.29, 0.717) is 36.7 Å². The predicted octanol–water partition coefficient (Wildman–Crippen LogP) is 2.18. The summed E-state index contributed by atoms with van der Waals surface area (Å²) in [6.07, 6.45) is 1.11. The zero-order valence-corrected chi connectivity index (χ0v) is 14.8. The highest BCUT2D eigenvalue weighted by atomic mass is 32.2. The molecule has 2 aromatic rings. The minimum absolute atomic E-state index is 0.111. The van der Waals surface area contributed by atoms with E-state index in [1.807, 2.05) is 13.0 Å². The molecule has 0 bridgehead atoms. The standard InChI is InChI=1S/C17H21FN4O2S/c1-12-10-16(19-8-6-13-4-2-3-5-15(13)18)22-17(20-12)21-14-7-9-25(23,24)11-14/h2-5,10,14H,6-9,11H2,1H3,(H2,19,20,21,22). The summed E-state index contributed by atoms with van der Waals surface area (Å²) in [4.78, 5) is 8.68. The Labute approximate surface area is 146 Å². The average molecular weight is 364 g/mol. The molecule has 0 radical (unpaired) electrons. The SMILES string of the molecule is Cc1cc(NCCc2ccccc2F)nc(NC2CCS(=O)(=O)C2)n1. The Morgan fingerprint density at radius 2 is 2.08 bits per heavy atom. The van der Waals surface area contributed by atoms with Crippen molar-refractivity contribution < 1.29 is 12.8 Å². The molecule has 1 aliphatic rings. The lowest BCUT2D eigenvalue weighted by Gasteiger charge is -2.13. The number of hydrogen-bond acceptors (Lipinski definition) is 6. The molecule has 0 aliphatic carbocycles. The lowest BCUT2D eigenvalue weighted by atomic mass is 10.1. The fourth-order valence-electron chi connectivity index (χ4n) is 2.84. The van der Waals surface area contributed by atoms with E-state index >= 15 is 0 Å². The fourth-order valence-corrected chi connectivity index (χ4v) is 4.51. The van der Waals surface area contributed by atoms with Crippen molar-refractivity contribution in [1.29, 1.82) is 0 Å². The van der Waals surface area contributed by atoms with Crippen molar-refractivity contribution in [2.24, 2.45) is 0 Å². The maximum absolute atomic E-state index is 13.6. The first kappa shape index (κ1) is 17.6. The Bertz CT molecular complexity index is 857. The highest BCUT2D eigenvalue weighted by Crippen LogP contribution is 2.17. The second-order valence-corrected chi connectivity index (χ2v) is 8.46. The number of aryl methyl sites for hydroxylation is 1. The first-order valence-corrected chi connectivity index (χ1v) is 10.0. The van der Waals surface area contributed by atoms with Crippen LogP contribution in [0.15, 0.2) is 30.3 Å². The van der Waals surface area contributed by atoms with Crippen LogP contribution in [0.3, 0.4) is 0 Å². The molecular weight excluding hydrogens is 343 g/mol. The van der Waals surface area contributed by atoms with Gasteiger partial charge >= 0.3 is 0 Å². The summed E-state index contributed by atoms with van der Waals surface area (Å²) < 4.78 is 36.7. The van der Waals surface area contributed by atoms with Gasteiger partial charge in [-0.25, -0.2) is 17.8 Å². The Morgan fingerprint density at radius 3 is 2.80 bits per heavy atom. The maximum atomic E-state index is 13.6. The van der Waals surface area contributed by atoms with Crippen molar-refractivity contribution in [2.45, 2.75) is 25.8 Å². The fraction of sp³-hybridized carbons (Fsp3) is 0.412. The lowest BCUT2D eigenvalue weighted by molar-refractivity contribution is 0.601. The van der Waals surface area contributed by atoms with Gasteiger partial charge < -0.3 is 10.6 Å². The molecule has 1 aromatic carbocycles. The van der Waals surface area contributed by atoms with Crippen LogP contribution in [-0.2, 0) is 16.3 Å². The largest absolute Gasteiger partial charge is 0.370 e. The summed E-state index contributed by atoms with van der Waals surface area (Å²) in [6, 6.07) is 8.33. The summed E-state index contributed by atoms with van der Waals surface area (Å²) in [7, 11) is -2.95. The highest BCUT2D eigenvalue weighted by molar-refractivity contribution is 7.91. The molecule has 2 heterocycles. The molecule has 0 spiro atoms. The second-order valence-electron chi connectivity index (χ2n) is 6.23. The predicted molar refractivity (Wildman–Crippen MR) is 96.0 cm³/mol. The molecule has 8 heteroatoms. The molecule has 2 N–H and O–H groups in total. The van der Waals surface area contributed by atoms with Crippen molar-refractivity contribution >= 4 is 21.6 Å². The highest BCUT2D eigenvalue weighted by Gasteiger charge is 2.28. The molecule has 0 amide bonds. The van der Waals surface area contributed by atoms with Gasteiger partial charge in [0, 0.05) is 24.3 Å². The Morgan fingerprint density at radius 1 is 1.28 bits per heavy atom. The number of halogens is 1. The number of benzene rings is 1. The molecule has 1 saturated heterocycles. The zero-order valence-electron chi connectivity index (χ0n) is 14.0. The Kier molecular flexibility index (Phi) is 5.17. The topological polar surface area (TPSA) is 84.0 Å². The van der Waals surface area contributed by atoms with Crippen LogP contribution in [0, 0.1) is 12.7 Å². The molecule has 1 unspecified atom stereocenters. The van der Waals surface area contributed by atoms with Crippen molar-refractivity contribution in [3.63, 3.8) is 0 Å². The van der Waals surface area contributed by atoms with Gasteiger partial charge in [-0.1, -0.05) is 18.2 Å². The van der Waals surface area contributed by atoms with Gasteiger partial charge in [-0.15, -0.1) is 0 Å². The quantitative estimate of drug-likeness (QED) is 0.817. The molecule has 1 aliphatic heterocycles. The third kappa shape index (κ3) is 4.88. The minimum Gasteiger partial charge on any atom is -0.370 e. The van der Waals surface area contributed by atoms with Crippen LogP contribution >= 0.6 is 0 Å². The molecule has 1 atom stereocenters. The number of rotatable bonds is 6. The van der Waals surface area contributed by atoms with Gasteiger partial charge in [0.15, 0.2) is 9.84 Å². The third-order valence-corrected chi connectivity index (χ3v) is 5.85. The van der Waals surface area contributed by atoms with E-state index in [9.17, 15) is 12.8 Å². The van der Waals surface area contributed by atoms with Gasteiger partial charge in [-0.3, -0.25) is 0 Å². The second kappa shape index (κ2) is 7.35. The summed E-state index contributed by atoms with van der Waals surface area (Å²) in [5.41, 5.74) is 1.42. The van der Waals surface area contributed by atoms with Crippen LogP contribution in [0.4, 0.5) is 16.2 Å². The number of anilines is 2. The smallest absolute Gasteiger partial charge is 0.225 e. The van der Waals surface area contributed by atoms with Crippen LogP contribution in [-0.4, -0.2) is 42.5 Å². The monoisotopic (exact) mass is 364 g/mol. The number of sulfone groups is 1. The van der Waals surface area contributed by atoms with Crippen LogP contribution < -0.4 is 10.6 Å². The molecule has 3 rings (SSSR count). The first-order valence-electron chi connectivity index (χ1n) is 8.21. The zero-order chi connectivity index (χ0) is 17.9. The minimum atomic E-state index is -2.95. The Balaban J connectivity index is 1.60. The van der Waals surface area contributed by atoms with Gasteiger partial charge in [0.2, 0.25) is 5.95 Å². The van der Waals surface area contributed by atoms with Gasteiger partial charge in [-0.2, -0.15) is 4.98 Å². The van der Waals surface area contributed by atoms with E-state index in [0.717, 1.165) is 5.69 Å². The molecule has 134 valence electrons. The molecule has 1 aromatic heterocycles. The van der Waals surface area contributed by atoms with E-state index in [1.54, 1.807) is 18.2 Å². The lowest BCUT2D eigenvalue weighted by Crippen LogP contribution is -2.22. The Hall–Kier alpha value is -2.22. The number of nitrogens with zero attached hydrogens (tertiary/aromatic N) is 2. The molecule has 1 fully saturated rings. The van der Waals surface area contributed by atoms with Crippen molar-refractivity contribution in [3.05, 3.63) is 47.4 Å². The van der Waals surface area contributed by atoms with Gasteiger partial charge in [0.1, 0.15) is 11.6 Å². The van der Waals surface area contributed by atoms with Crippen molar-refractivity contribution in [3.8, 4) is 0 Å². The summed E-state index contributed by atoms with van der Waals surface area (Å²) in [5, 5.41) is 6.26. The van der Waals surface area contributed by atoms with Crippen molar-refractivity contribution in [2.75, 3.05) is 28.7 Å². The molecule has 25 heavy (non-hydrogen) atoms. The van der Waals surface area contributed by atoms with Gasteiger partial charge in [0.05, 0.1) is 11.5 Å². The average Bonchev–Trinajstić information content (AvgIpc) is 2.87. The summed E-state index contributed by atoms with van der Waals surface area (Å²) in [5.74, 6) is 1.14. The molecule has 6 nitrogen and oxygen atoms in total. The molecular formula is C17H21FN4O2S. The van der Waals surface area contributed by atoms with Gasteiger partial charge in [-0.05, 0) is 31.4 Å². The van der Waals surface area contributed by atoms with E-state index in [-0.39, 0.29) is 23.4 Å². The third-order valence-electron chi connectivity index (χ3n) is 4.08. The number of hydrogen-bond donors (Lipinski definition) is 2. The van der Waals surface area contributed by atoms with E-state index < -0.39 is 9.84 Å². The first-order chi connectivity index (χ1) is 11.9. The number of nitrogens with one attached hydrogen (secondary N) is 2. The van der Waals surface area contributed by atoms with Crippen LogP contribution in [0.25, 0.3) is 0 Å². The van der Waals surface area contributed by atoms with Gasteiger partial charge in [0.25, 0.3) is 0 Å². The summed E-state index contributed by atoms with van der Waals surface area (Å²) >= 11 is 0. The van der Waals surface area contributed by atoms with Crippen LogP contribution in [0.2, 0.25) is 0 Å². The maximum Gasteiger partial charge on any atom is 0.225 e. The van der Waals surface area contributed by atoms with Crippen LogP contribution in [0.5, 0.6) is 0 Å². The molecule has 0 saturated carbocycles. The van der Waals surface area contributed by atoms with Crippen molar-refractivity contribution in [1.82, 2.24) is 9.97 Å². The van der Waals surface area contributed by atoms with E-state index in [2.05, 4.69) is 20.6 Å². The van der Waals surface area contributed by atoms with Crippen LogP contribution in [0.1, 0.15) is 17.7 Å².